The number of piperazine rings is 1. The van der Waals surface area contributed by atoms with E-state index in [1.807, 2.05) is 4.90 Å². The highest BCUT2D eigenvalue weighted by Crippen LogP contribution is 2.18. The molecule has 1 aromatic carbocycles. The van der Waals surface area contributed by atoms with Gasteiger partial charge in [-0.1, -0.05) is 0 Å². The third kappa shape index (κ3) is 5.20. The molecular weight excluding hydrogens is 382 g/mol. The van der Waals surface area contributed by atoms with Crippen molar-refractivity contribution in [3.05, 3.63) is 48.8 Å². The highest BCUT2D eigenvalue weighted by atomic mass is 32.2. The van der Waals surface area contributed by atoms with Crippen LogP contribution in [0.15, 0.2) is 53.7 Å². The van der Waals surface area contributed by atoms with Gasteiger partial charge in [0, 0.05) is 45.1 Å². The largest absolute Gasteiger partial charge is 0.497 e. The van der Waals surface area contributed by atoms with Gasteiger partial charge in [-0.3, -0.25) is 9.88 Å². The van der Waals surface area contributed by atoms with Crippen molar-refractivity contribution in [3.63, 3.8) is 0 Å². The van der Waals surface area contributed by atoms with E-state index in [-0.39, 0.29) is 11.5 Å². The molecule has 0 radical (unpaired) electrons. The Labute approximate surface area is 165 Å². The van der Waals surface area contributed by atoms with E-state index in [0.717, 1.165) is 5.75 Å². The Kier molecular flexibility index (Phi) is 6.84. The summed E-state index contributed by atoms with van der Waals surface area (Å²) >= 11 is 0. The molecule has 152 valence electrons. The van der Waals surface area contributed by atoms with E-state index in [1.54, 1.807) is 49.7 Å². The van der Waals surface area contributed by atoms with Crippen molar-refractivity contribution in [2.75, 3.05) is 46.4 Å². The number of methoxy groups -OCH3 is 1. The van der Waals surface area contributed by atoms with Gasteiger partial charge in [0.25, 0.3) is 0 Å². The predicted molar refractivity (Wildman–Crippen MR) is 104 cm³/mol. The van der Waals surface area contributed by atoms with Crippen LogP contribution < -0.4 is 9.47 Å². The Balaban J connectivity index is 1.44. The van der Waals surface area contributed by atoms with E-state index in [1.165, 1.54) is 10.5 Å². The molecule has 3 rings (SSSR count). The van der Waals surface area contributed by atoms with E-state index < -0.39 is 16.1 Å². The molecule has 0 spiro atoms. The van der Waals surface area contributed by atoms with Crippen LogP contribution in [0.25, 0.3) is 0 Å². The first-order valence-corrected chi connectivity index (χ1v) is 10.5. The smallest absolute Gasteiger partial charge is 0.244 e. The van der Waals surface area contributed by atoms with Crippen molar-refractivity contribution < 1.29 is 23.0 Å². The van der Waals surface area contributed by atoms with Gasteiger partial charge in [0.1, 0.15) is 29.1 Å². The lowest BCUT2D eigenvalue weighted by molar-refractivity contribution is 0.0569. The Hall–Kier alpha value is -2.20. The molecule has 1 N–H and O–H groups in total. The fourth-order valence-electron chi connectivity index (χ4n) is 3.02. The van der Waals surface area contributed by atoms with Gasteiger partial charge in [-0.2, -0.15) is 4.31 Å². The summed E-state index contributed by atoms with van der Waals surface area (Å²) in [5, 5.41) is 10.2. The predicted octanol–water partition coefficient (Wildman–Crippen LogP) is 0.836. The Bertz CT molecular complexity index is 838. The molecule has 1 aliphatic heterocycles. The minimum Gasteiger partial charge on any atom is -0.497 e. The molecular formula is C19H25N3O5S. The van der Waals surface area contributed by atoms with Crippen molar-refractivity contribution >= 4 is 10.0 Å². The molecule has 8 nitrogen and oxygen atoms in total. The maximum Gasteiger partial charge on any atom is 0.244 e. The average Bonchev–Trinajstić information content (AvgIpc) is 2.73. The molecule has 1 unspecified atom stereocenters. The minimum atomic E-state index is -3.52. The van der Waals surface area contributed by atoms with E-state index in [2.05, 4.69) is 4.98 Å². The summed E-state index contributed by atoms with van der Waals surface area (Å²) in [6.45, 7) is 2.46. The van der Waals surface area contributed by atoms with Crippen LogP contribution >= 0.6 is 0 Å². The minimum absolute atomic E-state index is 0.167. The zero-order valence-corrected chi connectivity index (χ0v) is 16.6. The first kappa shape index (κ1) is 20.5. The van der Waals surface area contributed by atoms with Gasteiger partial charge in [0.05, 0.1) is 7.11 Å². The third-order valence-electron chi connectivity index (χ3n) is 4.57. The lowest BCUT2D eigenvalue weighted by atomic mass is 10.3. The third-order valence-corrected chi connectivity index (χ3v) is 6.46. The Morgan fingerprint density at radius 1 is 1.11 bits per heavy atom. The quantitative estimate of drug-likeness (QED) is 0.693. The molecule has 0 bridgehead atoms. The molecule has 1 aromatic heterocycles. The molecule has 2 heterocycles. The second-order valence-corrected chi connectivity index (χ2v) is 8.47. The number of β-amino-alcohol motifs (C(OH)–C–C–N with tert-alkyl or cyclic N) is 1. The Morgan fingerprint density at radius 2 is 1.79 bits per heavy atom. The number of sulfonamides is 1. The number of aliphatic hydroxyl groups is 1. The fraction of sp³-hybridized carbons (Fsp3) is 0.421. The second kappa shape index (κ2) is 9.33. The summed E-state index contributed by atoms with van der Waals surface area (Å²) in [7, 11) is -1.92. The monoisotopic (exact) mass is 407 g/mol. The van der Waals surface area contributed by atoms with Crippen molar-refractivity contribution in [1.29, 1.82) is 0 Å². The highest BCUT2D eigenvalue weighted by Gasteiger charge is 2.29. The zero-order valence-electron chi connectivity index (χ0n) is 15.8. The van der Waals surface area contributed by atoms with Crippen LogP contribution in [0.1, 0.15) is 0 Å². The molecule has 1 saturated heterocycles. The maximum absolute atomic E-state index is 12.6. The van der Waals surface area contributed by atoms with Gasteiger partial charge in [-0.25, -0.2) is 8.42 Å². The molecule has 9 heteroatoms. The van der Waals surface area contributed by atoms with Gasteiger partial charge in [-0.15, -0.1) is 0 Å². The van der Waals surface area contributed by atoms with Gasteiger partial charge >= 0.3 is 0 Å². The van der Waals surface area contributed by atoms with Crippen LogP contribution in [-0.4, -0.2) is 80.3 Å². The van der Waals surface area contributed by atoms with Crippen LogP contribution in [0.5, 0.6) is 11.5 Å². The molecule has 0 saturated carbocycles. The van der Waals surface area contributed by atoms with Gasteiger partial charge in [0.2, 0.25) is 10.0 Å². The van der Waals surface area contributed by atoms with Crippen LogP contribution in [-0.2, 0) is 10.0 Å². The molecule has 1 fully saturated rings. The van der Waals surface area contributed by atoms with Crippen LogP contribution in [0, 0.1) is 0 Å². The first-order chi connectivity index (χ1) is 13.5. The van der Waals surface area contributed by atoms with Crippen LogP contribution in [0.3, 0.4) is 0 Å². The number of aromatic nitrogens is 1. The van der Waals surface area contributed by atoms with Crippen molar-refractivity contribution in [3.8, 4) is 11.5 Å². The summed E-state index contributed by atoms with van der Waals surface area (Å²) < 4.78 is 37.4. The van der Waals surface area contributed by atoms with Crippen LogP contribution in [0.4, 0.5) is 0 Å². The lowest BCUT2D eigenvalue weighted by Crippen LogP contribution is -2.50. The summed E-state index contributed by atoms with van der Waals surface area (Å²) in [6.07, 6.45) is 2.25. The lowest BCUT2D eigenvalue weighted by Gasteiger charge is -2.34. The fourth-order valence-corrected chi connectivity index (χ4v) is 4.40. The Morgan fingerprint density at radius 3 is 2.39 bits per heavy atom. The van der Waals surface area contributed by atoms with E-state index in [4.69, 9.17) is 9.47 Å². The molecule has 0 aliphatic carbocycles. The molecule has 2 aromatic rings. The van der Waals surface area contributed by atoms with E-state index in [9.17, 15) is 13.5 Å². The maximum atomic E-state index is 12.6. The summed E-state index contributed by atoms with van der Waals surface area (Å²) in [5.74, 6) is 1.40. The highest BCUT2D eigenvalue weighted by molar-refractivity contribution is 7.89. The summed E-state index contributed by atoms with van der Waals surface area (Å²) in [4.78, 5) is 6.13. The van der Waals surface area contributed by atoms with Crippen molar-refractivity contribution in [2.24, 2.45) is 0 Å². The van der Waals surface area contributed by atoms with Crippen molar-refractivity contribution in [1.82, 2.24) is 14.2 Å². The zero-order chi connectivity index (χ0) is 20.0. The van der Waals surface area contributed by atoms with Crippen molar-refractivity contribution in [2.45, 2.75) is 11.0 Å². The number of hydrogen-bond donors (Lipinski definition) is 1. The second-order valence-electron chi connectivity index (χ2n) is 6.53. The standard InChI is InChI=1S/C19H25N3O5S/c1-26-17-4-6-18(7-5-17)27-15-16(23)14-21-9-11-22(12-10-21)28(24,25)19-3-2-8-20-13-19/h2-8,13,16,23H,9-12,14-15H2,1H3. The number of rotatable bonds is 8. The van der Waals surface area contributed by atoms with E-state index in [0.29, 0.717) is 38.5 Å². The number of benzene rings is 1. The van der Waals surface area contributed by atoms with E-state index >= 15 is 0 Å². The number of pyridine rings is 1. The number of hydrogen-bond acceptors (Lipinski definition) is 7. The summed E-state index contributed by atoms with van der Waals surface area (Å²) in [6, 6.07) is 10.3. The number of ether oxygens (including phenoxy) is 2. The number of nitrogens with zero attached hydrogens (tertiary/aromatic N) is 3. The topological polar surface area (TPSA) is 92.2 Å². The van der Waals surface area contributed by atoms with Gasteiger partial charge in [-0.05, 0) is 36.4 Å². The molecule has 1 atom stereocenters. The first-order valence-electron chi connectivity index (χ1n) is 9.06. The van der Waals surface area contributed by atoms with Crippen LogP contribution in [0.2, 0.25) is 0 Å². The number of aliphatic hydroxyl groups excluding tert-OH is 1. The average molecular weight is 407 g/mol. The SMILES string of the molecule is COc1ccc(OCC(O)CN2CCN(S(=O)(=O)c3cccnc3)CC2)cc1. The normalized spacial score (nSPS) is 17.2. The molecule has 1 aliphatic rings. The molecule has 28 heavy (non-hydrogen) atoms. The van der Waals surface area contributed by atoms with Gasteiger partial charge < -0.3 is 14.6 Å². The molecule has 0 amide bonds. The van der Waals surface area contributed by atoms with Gasteiger partial charge in [0.15, 0.2) is 0 Å². The summed E-state index contributed by atoms with van der Waals surface area (Å²) in [5.41, 5.74) is 0.